The second-order valence-electron chi connectivity index (χ2n) is 16.9. The second-order valence-corrected chi connectivity index (χ2v) is 16.9. The van der Waals surface area contributed by atoms with E-state index in [1.807, 2.05) is 0 Å². The first-order valence-corrected chi connectivity index (χ1v) is 21.0. The van der Waals surface area contributed by atoms with Gasteiger partial charge < -0.3 is 4.57 Å². The van der Waals surface area contributed by atoms with E-state index in [0.29, 0.717) is 0 Å². The van der Waals surface area contributed by atoms with Gasteiger partial charge in [-0.2, -0.15) is 0 Å². The average Bonchev–Trinajstić information content (AvgIpc) is 3.76. The summed E-state index contributed by atoms with van der Waals surface area (Å²) in [5.41, 5.74) is 18.9. The van der Waals surface area contributed by atoms with Crippen molar-refractivity contribution in [1.29, 1.82) is 0 Å². The van der Waals surface area contributed by atoms with Crippen LogP contribution in [0.15, 0.2) is 212 Å². The maximum Gasteiger partial charge on any atom is 0.0541 e. The molecule has 60 heavy (non-hydrogen) atoms. The first kappa shape index (κ1) is 34.6. The maximum absolute atomic E-state index is 2.47. The predicted octanol–water partition coefficient (Wildman–Crippen LogP) is 16.1. The van der Waals surface area contributed by atoms with Crippen molar-refractivity contribution in [3.63, 3.8) is 0 Å². The van der Waals surface area contributed by atoms with Crippen molar-refractivity contribution < 1.29 is 0 Å². The summed E-state index contributed by atoms with van der Waals surface area (Å²) in [6, 6.07) is 78.6. The third-order valence-corrected chi connectivity index (χ3v) is 13.2. The Hall–Kier alpha value is -7.48. The Balaban J connectivity index is 0.981. The van der Waals surface area contributed by atoms with Gasteiger partial charge in [-0.1, -0.05) is 184 Å². The fraction of sp³-hybridized carbons (Fsp3) is 0.0508. The van der Waals surface area contributed by atoms with Crippen LogP contribution in [-0.2, 0) is 5.41 Å². The smallest absolute Gasteiger partial charge is 0.0541 e. The van der Waals surface area contributed by atoms with Crippen LogP contribution < -0.4 is 0 Å². The third kappa shape index (κ3) is 5.19. The van der Waals surface area contributed by atoms with Gasteiger partial charge in [-0.3, -0.25) is 0 Å². The Morgan fingerprint density at radius 1 is 0.300 bits per heavy atom. The van der Waals surface area contributed by atoms with E-state index in [9.17, 15) is 0 Å². The summed E-state index contributed by atoms with van der Waals surface area (Å²) < 4.78 is 2.42. The third-order valence-electron chi connectivity index (χ3n) is 13.2. The molecule has 0 amide bonds. The molecule has 1 aromatic heterocycles. The molecule has 0 atom stereocenters. The van der Waals surface area contributed by atoms with Crippen LogP contribution in [0.1, 0.15) is 25.0 Å². The topological polar surface area (TPSA) is 4.93 Å². The minimum absolute atomic E-state index is 0.0671. The van der Waals surface area contributed by atoms with Gasteiger partial charge >= 0.3 is 0 Å². The van der Waals surface area contributed by atoms with E-state index in [1.54, 1.807) is 0 Å². The molecule has 0 radical (unpaired) electrons. The normalized spacial score (nSPS) is 13.0. The summed E-state index contributed by atoms with van der Waals surface area (Å²) in [5.74, 6) is 0. The first-order valence-electron chi connectivity index (χ1n) is 21.0. The number of hydrogen-bond acceptors (Lipinski definition) is 0. The van der Waals surface area contributed by atoms with Crippen LogP contribution in [0.25, 0.3) is 105 Å². The molecule has 282 valence electrons. The zero-order chi connectivity index (χ0) is 40.0. The zero-order valence-electron chi connectivity index (χ0n) is 33.7. The van der Waals surface area contributed by atoms with Crippen LogP contribution >= 0.6 is 0 Å². The SMILES string of the molecule is CC1(C)c2ccccc2-c2ccc(-c3c4ccccc4c(-c4ccc(-n5c6ccccc6c6cc(-c7cccc(-c8ccccc8)c7)ccc65)cc4)c4ccccc34)cc21. The molecule has 0 N–H and O–H groups in total. The van der Waals surface area contributed by atoms with Gasteiger partial charge in [-0.25, -0.2) is 0 Å². The number of hydrogen-bond donors (Lipinski definition) is 0. The average molecular weight is 764 g/mol. The van der Waals surface area contributed by atoms with Crippen LogP contribution in [0.2, 0.25) is 0 Å². The summed E-state index contributed by atoms with van der Waals surface area (Å²) in [6.07, 6.45) is 0. The standard InChI is InChI=1S/C59H41N/c1-59(2)53-25-12-10-19-45(53)46-33-29-43(37-54(46)59)58-50-23-8-6-21-48(50)57(49-22-7-9-24-51(49)58)39-27-31-44(32-28-39)60-55-26-13-11-20-47(55)52-36-42(30-34-56(52)60)41-18-14-17-40(35-41)38-15-4-3-5-16-38/h3-37H,1-2H3. The summed E-state index contributed by atoms with van der Waals surface area (Å²) in [4.78, 5) is 0. The summed E-state index contributed by atoms with van der Waals surface area (Å²) in [6.45, 7) is 4.74. The Labute approximate surface area is 350 Å². The molecule has 11 aromatic rings. The lowest BCUT2D eigenvalue weighted by molar-refractivity contribution is 0.660. The predicted molar refractivity (Wildman–Crippen MR) is 255 cm³/mol. The van der Waals surface area contributed by atoms with Crippen LogP contribution in [0.3, 0.4) is 0 Å². The molecule has 0 bridgehead atoms. The van der Waals surface area contributed by atoms with Gasteiger partial charge in [-0.15, -0.1) is 0 Å². The van der Waals surface area contributed by atoms with Gasteiger partial charge in [0, 0.05) is 21.9 Å². The molecule has 1 aliphatic carbocycles. The Morgan fingerprint density at radius 3 is 1.52 bits per heavy atom. The molecule has 0 fully saturated rings. The van der Waals surface area contributed by atoms with Gasteiger partial charge in [-0.05, 0) is 131 Å². The number of benzene rings is 10. The largest absolute Gasteiger partial charge is 0.309 e. The van der Waals surface area contributed by atoms with Crippen molar-refractivity contribution in [2.45, 2.75) is 19.3 Å². The lowest BCUT2D eigenvalue weighted by Gasteiger charge is -2.23. The molecule has 0 aliphatic heterocycles. The van der Waals surface area contributed by atoms with Crippen molar-refractivity contribution >= 4 is 43.4 Å². The molecule has 0 saturated carbocycles. The Kier molecular flexibility index (Phi) is 7.65. The molecule has 10 aromatic carbocycles. The van der Waals surface area contributed by atoms with E-state index in [4.69, 9.17) is 0 Å². The van der Waals surface area contributed by atoms with Crippen LogP contribution in [0.5, 0.6) is 0 Å². The van der Waals surface area contributed by atoms with Crippen LogP contribution in [0.4, 0.5) is 0 Å². The number of para-hydroxylation sites is 1. The summed E-state index contributed by atoms with van der Waals surface area (Å²) in [7, 11) is 0. The van der Waals surface area contributed by atoms with Crippen molar-refractivity contribution in [3.8, 4) is 61.3 Å². The van der Waals surface area contributed by atoms with Gasteiger partial charge in [0.1, 0.15) is 0 Å². The van der Waals surface area contributed by atoms with Crippen molar-refractivity contribution in [3.05, 3.63) is 223 Å². The lowest BCUT2D eigenvalue weighted by atomic mass is 9.80. The number of nitrogens with zero attached hydrogens (tertiary/aromatic N) is 1. The van der Waals surface area contributed by atoms with Crippen molar-refractivity contribution in [2.24, 2.45) is 0 Å². The number of aromatic nitrogens is 1. The highest BCUT2D eigenvalue weighted by Gasteiger charge is 2.35. The number of fused-ring (bicyclic) bond motifs is 8. The monoisotopic (exact) mass is 763 g/mol. The Bertz CT molecular complexity index is 3430. The highest BCUT2D eigenvalue weighted by molar-refractivity contribution is 6.21. The van der Waals surface area contributed by atoms with Crippen molar-refractivity contribution in [2.75, 3.05) is 0 Å². The molecule has 0 spiro atoms. The maximum atomic E-state index is 2.47. The molecular formula is C59H41N. The first-order chi connectivity index (χ1) is 29.5. The van der Waals surface area contributed by atoms with Gasteiger partial charge in [0.15, 0.2) is 0 Å². The highest BCUT2D eigenvalue weighted by atomic mass is 15.0. The Morgan fingerprint density at radius 2 is 0.800 bits per heavy atom. The molecular weight excluding hydrogens is 723 g/mol. The van der Waals surface area contributed by atoms with E-state index in [0.717, 1.165) is 5.69 Å². The fourth-order valence-electron chi connectivity index (χ4n) is 10.3. The van der Waals surface area contributed by atoms with E-state index in [1.165, 1.54) is 110 Å². The highest BCUT2D eigenvalue weighted by Crippen LogP contribution is 2.51. The molecule has 0 unspecified atom stereocenters. The molecule has 1 heterocycles. The van der Waals surface area contributed by atoms with Crippen LogP contribution in [-0.4, -0.2) is 4.57 Å². The fourth-order valence-corrected chi connectivity index (χ4v) is 10.3. The molecule has 1 nitrogen and oxygen atoms in total. The van der Waals surface area contributed by atoms with Gasteiger partial charge in [0.2, 0.25) is 0 Å². The van der Waals surface area contributed by atoms with Crippen molar-refractivity contribution in [1.82, 2.24) is 4.57 Å². The lowest BCUT2D eigenvalue weighted by Crippen LogP contribution is -2.14. The summed E-state index contributed by atoms with van der Waals surface area (Å²) in [5, 5.41) is 7.59. The van der Waals surface area contributed by atoms with Gasteiger partial charge in [0.25, 0.3) is 0 Å². The van der Waals surface area contributed by atoms with E-state index >= 15 is 0 Å². The van der Waals surface area contributed by atoms with Crippen LogP contribution in [0, 0.1) is 0 Å². The minimum Gasteiger partial charge on any atom is -0.309 e. The minimum atomic E-state index is -0.0671. The molecule has 1 heteroatoms. The van der Waals surface area contributed by atoms with E-state index in [2.05, 4.69) is 231 Å². The number of rotatable bonds is 5. The molecule has 1 aliphatic rings. The van der Waals surface area contributed by atoms with Gasteiger partial charge in [0.05, 0.1) is 11.0 Å². The molecule has 12 rings (SSSR count). The zero-order valence-corrected chi connectivity index (χ0v) is 33.7. The van der Waals surface area contributed by atoms with E-state index < -0.39 is 0 Å². The molecule has 0 saturated heterocycles. The quantitative estimate of drug-likeness (QED) is 0.154. The summed E-state index contributed by atoms with van der Waals surface area (Å²) >= 11 is 0. The second kappa shape index (κ2) is 13.3. The van der Waals surface area contributed by atoms with E-state index in [-0.39, 0.29) is 5.41 Å².